The summed E-state index contributed by atoms with van der Waals surface area (Å²) < 4.78 is 3.95. The Morgan fingerprint density at radius 3 is 2.58 bits per heavy atom. The standard InChI is InChI=1S/C20H21N5O/c1-20(2,3)19-23-17(15-9-5-7-11-25(15)19)18(26)22-13-16-21-12-14-8-4-6-10-24(14)16/h4-12H,13H2,1-3H3,(H,22,26). The molecule has 0 atom stereocenters. The molecule has 1 N–H and O–H groups in total. The molecule has 4 heterocycles. The van der Waals surface area contributed by atoms with Gasteiger partial charge in [-0.25, -0.2) is 9.97 Å². The van der Waals surface area contributed by atoms with Crippen molar-refractivity contribution in [2.75, 3.05) is 0 Å². The Morgan fingerprint density at radius 1 is 1.08 bits per heavy atom. The highest BCUT2D eigenvalue weighted by Gasteiger charge is 2.25. The maximum Gasteiger partial charge on any atom is 0.272 e. The largest absolute Gasteiger partial charge is 0.343 e. The Labute approximate surface area is 151 Å². The summed E-state index contributed by atoms with van der Waals surface area (Å²) in [5.74, 6) is 1.45. The number of imidazole rings is 2. The van der Waals surface area contributed by atoms with Crippen LogP contribution in [-0.2, 0) is 12.0 Å². The quantitative estimate of drug-likeness (QED) is 0.619. The van der Waals surface area contributed by atoms with Gasteiger partial charge in [0, 0.05) is 17.8 Å². The Bertz CT molecular complexity index is 1100. The predicted octanol–water partition coefficient (Wildman–Crippen LogP) is 3.21. The van der Waals surface area contributed by atoms with Gasteiger partial charge in [0.25, 0.3) is 5.91 Å². The Kier molecular flexibility index (Phi) is 3.76. The van der Waals surface area contributed by atoms with Crippen LogP contribution < -0.4 is 5.32 Å². The highest BCUT2D eigenvalue weighted by Crippen LogP contribution is 2.24. The van der Waals surface area contributed by atoms with Crippen LogP contribution in [0.5, 0.6) is 0 Å². The molecule has 6 nitrogen and oxygen atoms in total. The number of hydrogen-bond donors (Lipinski definition) is 1. The van der Waals surface area contributed by atoms with Crippen LogP contribution in [0.25, 0.3) is 11.0 Å². The average molecular weight is 347 g/mol. The average Bonchev–Trinajstić information content (AvgIpc) is 3.21. The molecule has 0 aliphatic rings. The molecule has 0 fully saturated rings. The predicted molar refractivity (Wildman–Crippen MR) is 100 cm³/mol. The fraction of sp³-hybridized carbons (Fsp3) is 0.250. The Balaban J connectivity index is 1.64. The summed E-state index contributed by atoms with van der Waals surface area (Å²) in [4.78, 5) is 21.8. The summed E-state index contributed by atoms with van der Waals surface area (Å²) in [6.07, 6.45) is 5.68. The molecule has 0 aliphatic heterocycles. The van der Waals surface area contributed by atoms with Crippen molar-refractivity contribution >= 4 is 16.9 Å². The van der Waals surface area contributed by atoms with Crippen LogP contribution in [0.2, 0.25) is 0 Å². The molecule has 4 rings (SSSR count). The molecule has 132 valence electrons. The zero-order valence-corrected chi connectivity index (χ0v) is 15.1. The van der Waals surface area contributed by atoms with Gasteiger partial charge in [-0.05, 0) is 24.3 Å². The van der Waals surface area contributed by atoms with Gasteiger partial charge in [0.1, 0.15) is 11.6 Å². The second-order valence-corrected chi connectivity index (χ2v) is 7.34. The van der Waals surface area contributed by atoms with E-state index in [1.165, 1.54) is 0 Å². The number of nitrogens with zero attached hydrogens (tertiary/aromatic N) is 4. The SMILES string of the molecule is CC(C)(C)c1nc(C(=O)NCc2ncc3ccccn23)c2ccccn12. The first-order valence-corrected chi connectivity index (χ1v) is 8.62. The van der Waals surface area contributed by atoms with Gasteiger partial charge in [0.05, 0.1) is 23.8 Å². The number of carbonyl (C=O) groups is 1. The highest BCUT2D eigenvalue weighted by molar-refractivity contribution is 5.99. The van der Waals surface area contributed by atoms with E-state index in [0.717, 1.165) is 22.7 Å². The van der Waals surface area contributed by atoms with Crippen molar-refractivity contribution in [1.82, 2.24) is 24.1 Å². The van der Waals surface area contributed by atoms with Crippen molar-refractivity contribution in [2.45, 2.75) is 32.7 Å². The smallest absolute Gasteiger partial charge is 0.272 e. The third-order valence-corrected chi connectivity index (χ3v) is 4.36. The van der Waals surface area contributed by atoms with Gasteiger partial charge in [-0.3, -0.25) is 4.79 Å². The maximum atomic E-state index is 12.8. The van der Waals surface area contributed by atoms with Crippen molar-refractivity contribution in [3.05, 3.63) is 72.3 Å². The first-order chi connectivity index (χ1) is 12.4. The summed E-state index contributed by atoms with van der Waals surface area (Å²) in [5.41, 5.74) is 2.08. The summed E-state index contributed by atoms with van der Waals surface area (Å²) in [6.45, 7) is 6.61. The molecule has 4 aromatic heterocycles. The van der Waals surface area contributed by atoms with Crippen molar-refractivity contribution in [2.24, 2.45) is 0 Å². The van der Waals surface area contributed by atoms with Crippen LogP contribution in [0.3, 0.4) is 0 Å². The second-order valence-electron chi connectivity index (χ2n) is 7.34. The molecule has 4 aromatic rings. The van der Waals surface area contributed by atoms with Crippen LogP contribution >= 0.6 is 0 Å². The van der Waals surface area contributed by atoms with Gasteiger partial charge in [-0.15, -0.1) is 0 Å². The molecule has 0 aromatic carbocycles. The van der Waals surface area contributed by atoms with Crippen molar-refractivity contribution < 1.29 is 4.79 Å². The lowest BCUT2D eigenvalue weighted by atomic mass is 9.96. The van der Waals surface area contributed by atoms with Crippen molar-refractivity contribution in [3.63, 3.8) is 0 Å². The molecule has 26 heavy (non-hydrogen) atoms. The van der Waals surface area contributed by atoms with E-state index in [9.17, 15) is 4.79 Å². The maximum absolute atomic E-state index is 12.8. The molecular weight excluding hydrogens is 326 g/mol. The normalized spacial score (nSPS) is 12.0. The minimum absolute atomic E-state index is 0.165. The lowest BCUT2D eigenvalue weighted by Gasteiger charge is -2.16. The zero-order valence-electron chi connectivity index (χ0n) is 15.1. The van der Waals surface area contributed by atoms with Crippen LogP contribution in [-0.4, -0.2) is 24.7 Å². The van der Waals surface area contributed by atoms with E-state index in [4.69, 9.17) is 0 Å². The minimum atomic E-state index is -0.197. The first kappa shape index (κ1) is 16.3. The molecule has 6 heteroatoms. The number of aromatic nitrogens is 4. The Morgan fingerprint density at radius 2 is 1.81 bits per heavy atom. The zero-order chi connectivity index (χ0) is 18.3. The van der Waals surface area contributed by atoms with E-state index in [1.54, 1.807) is 6.20 Å². The number of pyridine rings is 2. The molecule has 0 saturated heterocycles. The van der Waals surface area contributed by atoms with Crippen molar-refractivity contribution in [3.8, 4) is 0 Å². The fourth-order valence-corrected chi connectivity index (χ4v) is 3.11. The summed E-state index contributed by atoms with van der Waals surface area (Å²) in [7, 11) is 0. The molecule has 0 saturated carbocycles. The van der Waals surface area contributed by atoms with E-state index in [1.807, 2.05) is 57.6 Å². The van der Waals surface area contributed by atoms with Crippen LogP contribution in [0.4, 0.5) is 0 Å². The van der Waals surface area contributed by atoms with Crippen LogP contribution in [0.15, 0.2) is 55.0 Å². The first-order valence-electron chi connectivity index (χ1n) is 8.62. The van der Waals surface area contributed by atoms with Gasteiger partial charge in [-0.2, -0.15) is 0 Å². The third kappa shape index (κ3) is 2.73. The van der Waals surface area contributed by atoms with Gasteiger partial charge in [-0.1, -0.05) is 32.9 Å². The van der Waals surface area contributed by atoms with E-state index in [2.05, 4.69) is 36.1 Å². The number of rotatable bonds is 3. The van der Waals surface area contributed by atoms with Gasteiger partial charge >= 0.3 is 0 Å². The Hall–Kier alpha value is -3.15. The summed E-state index contributed by atoms with van der Waals surface area (Å²) >= 11 is 0. The number of hydrogen-bond acceptors (Lipinski definition) is 3. The monoisotopic (exact) mass is 347 g/mol. The number of fused-ring (bicyclic) bond motifs is 2. The number of carbonyl (C=O) groups excluding carboxylic acids is 1. The number of nitrogens with one attached hydrogen (secondary N) is 1. The highest BCUT2D eigenvalue weighted by atomic mass is 16.1. The van der Waals surface area contributed by atoms with Crippen LogP contribution in [0.1, 0.15) is 42.9 Å². The summed E-state index contributed by atoms with van der Waals surface area (Å²) in [5, 5.41) is 2.95. The fourth-order valence-electron chi connectivity index (χ4n) is 3.11. The van der Waals surface area contributed by atoms with Gasteiger partial charge in [0.2, 0.25) is 0 Å². The lowest BCUT2D eigenvalue weighted by molar-refractivity contribution is 0.0947. The second kappa shape index (κ2) is 5.98. The molecule has 0 spiro atoms. The molecule has 0 aliphatic carbocycles. The van der Waals surface area contributed by atoms with Crippen molar-refractivity contribution in [1.29, 1.82) is 0 Å². The van der Waals surface area contributed by atoms with E-state index in [-0.39, 0.29) is 11.3 Å². The van der Waals surface area contributed by atoms with Crippen LogP contribution in [0, 0.1) is 0 Å². The number of amides is 1. The molecule has 0 bridgehead atoms. The molecular formula is C20H21N5O. The minimum Gasteiger partial charge on any atom is -0.343 e. The van der Waals surface area contributed by atoms with Gasteiger partial charge < -0.3 is 14.1 Å². The summed E-state index contributed by atoms with van der Waals surface area (Å²) in [6, 6.07) is 11.7. The molecule has 1 amide bonds. The van der Waals surface area contributed by atoms with E-state index < -0.39 is 0 Å². The topological polar surface area (TPSA) is 63.7 Å². The van der Waals surface area contributed by atoms with E-state index >= 15 is 0 Å². The molecule has 0 radical (unpaired) electrons. The molecule has 0 unspecified atom stereocenters. The van der Waals surface area contributed by atoms with Gasteiger partial charge in [0.15, 0.2) is 5.69 Å². The third-order valence-electron chi connectivity index (χ3n) is 4.36. The van der Waals surface area contributed by atoms with E-state index in [0.29, 0.717) is 12.2 Å². The lowest BCUT2D eigenvalue weighted by Crippen LogP contribution is -2.25.